The third kappa shape index (κ3) is 4.58. The maximum Gasteiger partial charge on any atom is 0.370 e. The van der Waals surface area contributed by atoms with Crippen molar-refractivity contribution in [3.63, 3.8) is 0 Å². The Balaban J connectivity index is 1.92. The summed E-state index contributed by atoms with van der Waals surface area (Å²) >= 11 is 0. The van der Waals surface area contributed by atoms with Crippen molar-refractivity contribution in [2.75, 3.05) is 18.2 Å². The number of pyridine rings is 1. The lowest BCUT2D eigenvalue weighted by molar-refractivity contribution is -0.135. The molecule has 2 amide bonds. The second kappa shape index (κ2) is 7.80. The summed E-state index contributed by atoms with van der Waals surface area (Å²) in [5.74, 6) is 1.12. The zero-order valence-electron chi connectivity index (χ0n) is 13.8. The maximum atomic E-state index is 12.1. The van der Waals surface area contributed by atoms with Crippen molar-refractivity contribution < 1.29 is 14.9 Å². The molecule has 1 aliphatic rings. The van der Waals surface area contributed by atoms with Gasteiger partial charge >= 0.3 is 11.9 Å². The number of carbonyl (C=O) groups is 1. The van der Waals surface area contributed by atoms with Crippen LogP contribution in [0.4, 0.5) is 16.3 Å². The molecule has 7 heteroatoms. The van der Waals surface area contributed by atoms with Crippen molar-refractivity contribution in [1.29, 1.82) is 0 Å². The third-order valence-corrected chi connectivity index (χ3v) is 4.38. The number of hydrogen-bond acceptors (Lipinski definition) is 4. The summed E-state index contributed by atoms with van der Waals surface area (Å²) < 4.78 is 4.93. The normalized spacial score (nSPS) is 16.4. The van der Waals surface area contributed by atoms with Crippen molar-refractivity contribution in [2.45, 2.75) is 45.1 Å². The van der Waals surface area contributed by atoms with Crippen LogP contribution in [-0.4, -0.2) is 30.1 Å². The molecular weight excluding hydrogens is 294 g/mol. The minimum Gasteiger partial charge on any atom is -0.448 e. The van der Waals surface area contributed by atoms with E-state index in [1.807, 2.05) is 0 Å². The van der Waals surface area contributed by atoms with Crippen molar-refractivity contribution in [2.24, 2.45) is 5.92 Å². The van der Waals surface area contributed by atoms with Crippen LogP contribution in [0.3, 0.4) is 0 Å². The summed E-state index contributed by atoms with van der Waals surface area (Å²) in [6.07, 6.45) is 7.62. The number of hydrogen-bond donors (Lipinski definition) is 4. The minimum absolute atomic E-state index is 0.143. The van der Waals surface area contributed by atoms with Crippen LogP contribution in [0.15, 0.2) is 12.3 Å². The van der Waals surface area contributed by atoms with Gasteiger partial charge in [-0.3, -0.25) is 5.32 Å². The lowest BCUT2D eigenvalue weighted by atomic mass is 9.85. The number of nitrogens with one attached hydrogen (secondary N) is 2. The fourth-order valence-electron chi connectivity index (χ4n) is 2.97. The monoisotopic (exact) mass is 320 g/mol. The summed E-state index contributed by atoms with van der Waals surface area (Å²) in [6, 6.07) is 1.43. The van der Waals surface area contributed by atoms with Crippen LogP contribution in [0.5, 0.6) is 0 Å². The first-order valence-corrected chi connectivity index (χ1v) is 8.01. The molecule has 6 N–H and O–H groups in total. The van der Waals surface area contributed by atoms with E-state index in [0.29, 0.717) is 23.0 Å². The topological polar surface area (TPSA) is 115 Å². The number of aromatic nitrogens is 1. The van der Waals surface area contributed by atoms with Gasteiger partial charge in [0.25, 0.3) is 0 Å². The van der Waals surface area contributed by atoms with Gasteiger partial charge in [0.2, 0.25) is 0 Å². The molecule has 1 fully saturated rings. The molecular formula is C16H26N5O2+. The standard InChI is InChI=1S/C16H25N5O2/c1-10(11-6-4-3-5-7-11)20-16(22)21-14-8-13(17)12(9-19-14)15(18)23-2/h8-11,18H,3-7H2,1-2H3,(H4,17,19,20,21,22)/p+1/t10-/m1/s1. The highest BCUT2D eigenvalue weighted by Crippen LogP contribution is 2.26. The van der Waals surface area contributed by atoms with Crippen molar-refractivity contribution in [3.8, 4) is 0 Å². The van der Waals surface area contributed by atoms with E-state index in [9.17, 15) is 4.79 Å². The molecule has 2 rings (SSSR count). The first-order valence-electron chi connectivity index (χ1n) is 8.01. The fourth-order valence-corrected chi connectivity index (χ4v) is 2.97. The Labute approximate surface area is 136 Å². The van der Waals surface area contributed by atoms with Crippen LogP contribution in [0.1, 0.15) is 44.6 Å². The molecule has 0 aromatic carbocycles. The van der Waals surface area contributed by atoms with Gasteiger partial charge in [-0.25, -0.2) is 15.2 Å². The van der Waals surface area contributed by atoms with Gasteiger partial charge < -0.3 is 15.8 Å². The number of nitrogen functional groups attached to an aromatic ring is 1. The number of ether oxygens (including phenoxy) is 1. The van der Waals surface area contributed by atoms with Crippen LogP contribution in [0.2, 0.25) is 0 Å². The molecule has 0 bridgehead atoms. The molecule has 1 aromatic rings. The van der Waals surface area contributed by atoms with Crippen LogP contribution in [0, 0.1) is 5.92 Å². The molecule has 0 aliphatic heterocycles. The van der Waals surface area contributed by atoms with E-state index >= 15 is 0 Å². The number of amides is 2. The number of urea groups is 1. The molecule has 1 atom stereocenters. The SMILES string of the molecule is COC(=[NH2+])c1cnc(NC(=O)N[C@H](C)C2CCCCC2)cc1N. The maximum absolute atomic E-state index is 12.1. The third-order valence-electron chi connectivity index (χ3n) is 4.38. The van der Waals surface area contributed by atoms with Crippen molar-refractivity contribution in [1.82, 2.24) is 10.3 Å². The molecule has 1 aromatic heterocycles. The van der Waals surface area contributed by atoms with E-state index in [2.05, 4.69) is 22.5 Å². The van der Waals surface area contributed by atoms with Crippen LogP contribution >= 0.6 is 0 Å². The van der Waals surface area contributed by atoms with Crippen molar-refractivity contribution >= 4 is 23.4 Å². The lowest BCUT2D eigenvalue weighted by Crippen LogP contribution is -2.42. The molecule has 0 saturated heterocycles. The number of anilines is 2. The summed E-state index contributed by atoms with van der Waals surface area (Å²) in [6.45, 7) is 2.05. The number of rotatable bonds is 4. The van der Waals surface area contributed by atoms with Gasteiger partial charge in [-0.2, -0.15) is 0 Å². The van der Waals surface area contributed by atoms with Gasteiger partial charge in [-0.15, -0.1) is 0 Å². The Morgan fingerprint density at radius 3 is 2.74 bits per heavy atom. The smallest absolute Gasteiger partial charge is 0.370 e. The quantitative estimate of drug-likeness (QED) is 0.487. The predicted molar refractivity (Wildman–Crippen MR) is 89.9 cm³/mol. The molecule has 126 valence electrons. The van der Waals surface area contributed by atoms with Gasteiger partial charge in [0.05, 0.1) is 12.8 Å². The summed E-state index contributed by atoms with van der Waals surface area (Å²) in [7, 11) is 1.46. The first-order chi connectivity index (χ1) is 11.0. The van der Waals surface area contributed by atoms with Gasteiger partial charge in [-0.05, 0) is 25.7 Å². The van der Waals surface area contributed by atoms with Crippen LogP contribution in [-0.2, 0) is 4.74 Å². The molecule has 0 unspecified atom stereocenters. The largest absolute Gasteiger partial charge is 0.448 e. The zero-order chi connectivity index (χ0) is 16.8. The lowest BCUT2D eigenvalue weighted by Gasteiger charge is -2.28. The minimum atomic E-state index is -0.272. The highest BCUT2D eigenvalue weighted by Gasteiger charge is 2.21. The highest BCUT2D eigenvalue weighted by molar-refractivity contribution is 5.96. The Hall–Kier alpha value is -2.31. The Morgan fingerprint density at radius 1 is 1.43 bits per heavy atom. The molecule has 1 heterocycles. The second-order valence-corrected chi connectivity index (χ2v) is 6.01. The van der Waals surface area contributed by atoms with E-state index in [-0.39, 0.29) is 18.0 Å². The number of methoxy groups -OCH3 is 1. The van der Waals surface area contributed by atoms with E-state index in [1.54, 1.807) is 6.07 Å². The number of nitrogens with zero attached hydrogens (tertiary/aromatic N) is 1. The zero-order valence-corrected chi connectivity index (χ0v) is 13.8. The molecule has 7 nitrogen and oxygen atoms in total. The van der Waals surface area contributed by atoms with Gasteiger partial charge in [0.1, 0.15) is 11.4 Å². The number of nitrogens with two attached hydrogens (primary N) is 2. The van der Waals surface area contributed by atoms with E-state index in [1.165, 1.54) is 45.4 Å². The average Bonchev–Trinajstić information content (AvgIpc) is 2.55. The predicted octanol–water partition coefficient (Wildman–Crippen LogP) is 0.906. The molecule has 1 aliphatic carbocycles. The summed E-state index contributed by atoms with van der Waals surface area (Å²) in [5, 5.41) is 11.4. The Kier molecular flexibility index (Phi) is 5.78. The average molecular weight is 320 g/mol. The fraction of sp³-hybridized carbons (Fsp3) is 0.562. The van der Waals surface area contributed by atoms with E-state index < -0.39 is 0 Å². The first kappa shape index (κ1) is 17.1. The van der Waals surface area contributed by atoms with Crippen LogP contribution < -0.4 is 21.8 Å². The van der Waals surface area contributed by atoms with Gasteiger partial charge in [-0.1, -0.05) is 19.3 Å². The highest BCUT2D eigenvalue weighted by atomic mass is 16.5. The van der Waals surface area contributed by atoms with Crippen LogP contribution in [0.25, 0.3) is 0 Å². The Bertz CT molecular complexity index is 570. The molecule has 1 saturated carbocycles. The second-order valence-electron chi connectivity index (χ2n) is 6.01. The van der Waals surface area contributed by atoms with Crippen molar-refractivity contribution in [3.05, 3.63) is 17.8 Å². The van der Waals surface area contributed by atoms with Gasteiger partial charge in [0.15, 0.2) is 0 Å². The van der Waals surface area contributed by atoms with Gasteiger partial charge in [0, 0.05) is 18.3 Å². The summed E-state index contributed by atoms with van der Waals surface area (Å²) in [5.41, 5.74) is 6.81. The molecule has 23 heavy (non-hydrogen) atoms. The molecule has 0 radical (unpaired) electrons. The van der Waals surface area contributed by atoms with E-state index in [4.69, 9.17) is 15.9 Å². The summed E-state index contributed by atoms with van der Waals surface area (Å²) in [4.78, 5) is 16.2. The van der Waals surface area contributed by atoms with E-state index in [0.717, 1.165) is 0 Å². The molecule has 0 spiro atoms. The number of carbonyl (C=O) groups excluding carboxylic acids is 1. The Morgan fingerprint density at radius 2 is 2.13 bits per heavy atom.